The van der Waals surface area contributed by atoms with Crippen molar-refractivity contribution in [2.75, 3.05) is 14.2 Å². The van der Waals surface area contributed by atoms with Crippen molar-refractivity contribution in [3.8, 4) is 0 Å². The quantitative estimate of drug-likeness (QED) is 0.337. The summed E-state index contributed by atoms with van der Waals surface area (Å²) in [6.45, 7) is 3.54. The van der Waals surface area contributed by atoms with Gasteiger partial charge in [-0.1, -0.05) is 62.9 Å². The standard InChI is InChI=1S/C22H31F3O5/c1-5-6-7-8-12-15-18(16(2)19(26)28-3)30-20(27)21(29-4,22(23,24)25)17-13-10-9-11-14-17/h9-11,13-14,16,18H,5-8,12,15H2,1-4H3/t16-,18+,21-/m0/s1. The van der Waals surface area contributed by atoms with Crippen LogP contribution in [-0.4, -0.2) is 38.4 Å². The maximum Gasteiger partial charge on any atom is 0.432 e. The summed E-state index contributed by atoms with van der Waals surface area (Å²) >= 11 is 0. The molecule has 0 saturated heterocycles. The molecule has 3 atom stereocenters. The lowest BCUT2D eigenvalue weighted by Crippen LogP contribution is -2.53. The molecule has 0 aliphatic heterocycles. The van der Waals surface area contributed by atoms with Crippen LogP contribution in [0.5, 0.6) is 0 Å². The van der Waals surface area contributed by atoms with E-state index in [4.69, 9.17) is 14.2 Å². The van der Waals surface area contributed by atoms with Crippen LogP contribution < -0.4 is 0 Å². The molecule has 0 saturated carbocycles. The van der Waals surface area contributed by atoms with Crippen molar-refractivity contribution in [2.24, 2.45) is 5.92 Å². The highest BCUT2D eigenvalue weighted by Crippen LogP contribution is 2.43. The Hall–Kier alpha value is -2.09. The SMILES string of the molecule is CCCCCCC[C@@H](OC(=O)[C@@](OC)(c1ccccc1)C(F)(F)F)[C@H](C)C(=O)OC. The highest BCUT2D eigenvalue weighted by atomic mass is 19.4. The molecule has 0 N–H and O–H groups in total. The number of carbonyl (C=O) groups excluding carboxylic acids is 2. The zero-order valence-electron chi connectivity index (χ0n) is 18.0. The summed E-state index contributed by atoms with van der Waals surface area (Å²) in [5.74, 6) is -3.17. The third-order valence-corrected chi connectivity index (χ3v) is 5.15. The molecule has 0 spiro atoms. The second kappa shape index (κ2) is 11.9. The van der Waals surface area contributed by atoms with Crippen molar-refractivity contribution in [1.82, 2.24) is 0 Å². The van der Waals surface area contributed by atoms with Crippen LogP contribution in [0.4, 0.5) is 13.2 Å². The van der Waals surface area contributed by atoms with E-state index in [9.17, 15) is 22.8 Å². The fourth-order valence-corrected chi connectivity index (χ4v) is 3.31. The van der Waals surface area contributed by atoms with Gasteiger partial charge in [0.2, 0.25) is 0 Å². The first-order chi connectivity index (χ1) is 14.2. The molecule has 0 bridgehead atoms. The van der Waals surface area contributed by atoms with E-state index in [0.29, 0.717) is 6.42 Å². The van der Waals surface area contributed by atoms with Crippen molar-refractivity contribution in [2.45, 2.75) is 70.3 Å². The van der Waals surface area contributed by atoms with E-state index >= 15 is 0 Å². The van der Waals surface area contributed by atoms with Gasteiger partial charge in [0.1, 0.15) is 6.10 Å². The minimum absolute atomic E-state index is 0.248. The third-order valence-electron chi connectivity index (χ3n) is 5.15. The topological polar surface area (TPSA) is 61.8 Å². The number of unbranched alkanes of at least 4 members (excludes halogenated alkanes) is 4. The molecule has 1 rings (SSSR count). The Bertz CT molecular complexity index is 662. The summed E-state index contributed by atoms with van der Waals surface area (Å²) in [6, 6.07) is 6.60. The Morgan fingerprint density at radius 3 is 2.10 bits per heavy atom. The van der Waals surface area contributed by atoms with Crippen LogP contribution >= 0.6 is 0 Å². The van der Waals surface area contributed by atoms with Crippen molar-refractivity contribution >= 4 is 11.9 Å². The summed E-state index contributed by atoms with van der Waals surface area (Å²) in [4.78, 5) is 24.9. The molecule has 8 heteroatoms. The van der Waals surface area contributed by atoms with Crippen molar-refractivity contribution in [3.63, 3.8) is 0 Å². The minimum atomic E-state index is -5.07. The van der Waals surface area contributed by atoms with Gasteiger partial charge < -0.3 is 14.2 Å². The zero-order valence-corrected chi connectivity index (χ0v) is 18.0. The highest BCUT2D eigenvalue weighted by molar-refractivity contribution is 5.83. The fraction of sp³-hybridized carbons (Fsp3) is 0.636. The maximum atomic E-state index is 14.1. The van der Waals surface area contributed by atoms with Gasteiger partial charge in [0.05, 0.1) is 13.0 Å². The molecule has 0 heterocycles. The predicted octanol–water partition coefficient (Wildman–Crippen LogP) is 5.17. The molecule has 0 unspecified atom stereocenters. The number of rotatable bonds is 12. The van der Waals surface area contributed by atoms with E-state index in [1.54, 1.807) is 0 Å². The number of hydrogen-bond donors (Lipinski definition) is 0. The smallest absolute Gasteiger partial charge is 0.432 e. The Labute approximate surface area is 175 Å². The molecule has 30 heavy (non-hydrogen) atoms. The summed E-state index contributed by atoms with van der Waals surface area (Å²) < 4.78 is 56.9. The van der Waals surface area contributed by atoms with Crippen LogP contribution in [-0.2, 0) is 29.4 Å². The Morgan fingerprint density at radius 1 is 1.00 bits per heavy atom. The highest BCUT2D eigenvalue weighted by Gasteiger charge is 2.64. The number of hydrogen-bond acceptors (Lipinski definition) is 5. The summed E-state index contributed by atoms with van der Waals surface area (Å²) in [5, 5.41) is 0. The van der Waals surface area contributed by atoms with Gasteiger partial charge in [0.15, 0.2) is 0 Å². The van der Waals surface area contributed by atoms with Gasteiger partial charge in [0.25, 0.3) is 5.60 Å². The van der Waals surface area contributed by atoms with Gasteiger partial charge >= 0.3 is 18.1 Å². The molecule has 5 nitrogen and oxygen atoms in total. The lowest BCUT2D eigenvalue weighted by molar-refractivity contribution is -0.279. The molecule has 0 fully saturated rings. The second-order valence-electron chi connectivity index (χ2n) is 7.21. The first-order valence-corrected chi connectivity index (χ1v) is 10.1. The Kier molecular flexibility index (Phi) is 10.3. The molecule has 0 radical (unpaired) electrons. The molecule has 0 aliphatic carbocycles. The predicted molar refractivity (Wildman–Crippen MR) is 106 cm³/mol. The summed E-state index contributed by atoms with van der Waals surface area (Å²) in [5.41, 5.74) is -3.68. The number of halogens is 3. The molecule has 170 valence electrons. The minimum Gasteiger partial charge on any atom is -0.469 e. The maximum absolute atomic E-state index is 14.1. The van der Waals surface area contributed by atoms with Gasteiger partial charge in [-0.3, -0.25) is 4.79 Å². The van der Waals surface area contributed by atoms with E-state index in [1.807, 2.05) is 0 Å². The van der Waals surface area contributed by atoms with E-state index in [1.165, 1.54) is 32.2 Å². The van der Waals surface area contributed by atoms with Crippen molar-refractivity contribution in [3.05, 3.63) is 35.9 Å². The van der Waals surface area contributed by atoms with E-state index < -0.39 is 41.3 Å². The third kappa shape index (κ3) is 6.20. The van der Waals surface area contributed by atoms with Gasteiger partial charge in [-0.2, -0.15) is 13.2 Å². The Balaban J connectivity index is 3.16. The fourth-order valence-electron chi connectivity index (χ4n) is 3.31. The average molecular weight is 432 g/mol. The van der Waals surface area contributed by atoms with Crippen LogP contribution in [0.15, 0.2) is 30.3 Å². The molecular formula is C22H31F3O5. The lowest BCUT2D eigenvalue weighted by Gasteiger charge is -2.34. The number of ether oxygens (including phenoxy) is 3. The number of carbonyl (C=O) groups is 2. The summed E-state index contributed by atoms with van der Waals surface area (Å²) in [6.07, 6.45) is -1.43. The van der Waals surface area contributed by atoms with Gasteiger partial charge in [-0.15, -0.1) is 0 Å². The van der Waals surface area contributed by atoms with E-state index in [-0.39, 0.29) is 6.42 Å². The molecule has 1 aromatic rings. The molecule has 0 aromatic heterocycles. The van der Waals surface area contributed by atoms with E-state index in [2.05, 4.69) is 6.92 Å². The van der Waals surface area contributed by atoms with E-state index in [0.717, 1.165) is 44.9 Å². The molecular weight excluding hydrogens is 401 g/mol. The molecule has 1 aromatic carbocycles. The summed E-state index contributed by atoms with van der Waals surface area (Å²) in [7, 11) is 1.99. The van der Waals surface area contributed by atoms with Crippen LogP contribution in [0, 0.1) is 5.92 Å². The van der Waals surface area contributed by atoms with Gasteiger partial charge in [-0.25, -0.2) is 4.79 Å². The van der Waals surface area contributed by atoms with Crippen LogP contribution in [0.2, 0.25) is 0 Å². The van der Waals surface area contributed by atoms with Gasteiger partial charge in [-0.05, 0) is 19.8 Å². The van der Waals surface area contributed by atoms with Crippen LogP contribution in [0.25, 0.3) is 0 Å². The van der Waals surface area contributed by atoms with Crippen molar-refractivity contribution < 1.29 is 37.0 Å². The van der Waals surface area contributed by atoms with Crippen LogP contribution in [0.3, 0.4) is 0 Å². The number of benzene rings is 1. The average Bonchev–Trinajstić information content (AvgIpc) is 2.72. The van der Waals surface area contributed by atoms with Crippen molar-refractivity contribution in [1.29, 1.82) is 0 Å². The number of methoxy groups -OCH3 is 2. The second-order valence-corrected chi connectivity index (χ2v) is 7.21. The lowest BCUT2D eigenvalue weighted by atomic mass is 9.92. The normalized spacial score (nSPS) is 15.7. The largest absolute Gasteiger partial charge is 0.469 e. The van der Waals surface area contributed by atoms with Crippen LogP contribution in [0.1, 0.15) is 57.9 Å². The molecule has 0 amide bonds. The zero-order chi connectivity index (χ0) is 22.8. The number of alkyl halides is 3. The van der Waals surface area contributed by atoms with Gasteiger partial charge in [0, 0.05) is 12.7 Å². The first-order valence-electron chi connectivity index (χ1n) is 10.1. The number of esters is 2. The molecule has 0 aliphatic rings. The monoisotopic (exact) mass is 432 g/mol. The Morgan fingerprint density at radius 2 is 1.60 bits per heavy atom. The first kappa shape index (κ1) is 25.9.